The van der Waals surface area contributed by atoms with Crippen LogP contribution in [0.4, 0.5) is 0 Å². The maximum Gasteiger partial charge on any atom is 0.341 e. The minimum atomic E-state index is -0.852. The van der Waals surface area contributed by atoms with Gasteiger partial charge in [-0.1, -0.05) is 48.5 Å². The third-order valence-corrected chi connectivity index (χ3v) is 4.08. The average Bonchev–Trinajstić information content (AvgIpc) is 3.06. The van der Waals surface area contributed by atoms with E-state index in [0.29, 0.717) is 12.1 Å². The first-order valence-corrected chi connectivity index (χ1v) is 8.12. The highest BCUT2D eigenvalue weighted by molar-refractivity contribution is 6.04. The van der Waals surface area contributed by atoms with Crippen LogP contribution in [0.1, 0.15) is 22.8 Å². The zero-order valence-electron chi connectivity index (χ0n) is 14.2. The molecule has 1 unspecified atom stereocenters. The fourth-order valence-corrected chi connectivity index (χ4v) is 2.76. The Labute approximate surface area is 146 Å². The molecule has 0 radical (unpaired) electrons. The van der Waals surface area contributed by atoms with E-state index in [1.54, 1.807) is 25.1 Å². The SMILES string of the molecule is CC(OC(=O)c1c[nH]c2ccccc12)C(=O)N(C)Cc1ccccc1. The first kappa shape index (κ1) is 16.8. The minimum Gasteiger partial charge on any atom is -0.449 e. The number of amides is 1. The smallest absolute Gasteiger partial charge is 0.341 e. The van der Waals surface area contributed by atoms with Gasteiger partial charge in [-0.15, -0.1) is 0 Å². The number of carbonyl (C=O) groups excluding carboxylic acids is 2. The molecule has 0 aliphatic heterocycles. The maximum atomic E-state index is 12.5. The molecule has 1 atom stereocenters. The van der Waals surface area contributed by atoms with Crippen LogP contribution < -0.4 is 0 Å². The molecule has 1 N–H and O–H groups in total. The molecule has 5 heteroatoms. The summed E-state index contributed by atoms with van der Waals surface area (Å²) < 4.78 is 5.37. The molecule has 0 spiro atoms. The molecule has 0 saturated heterocycles. The molecule has 0 aliphatic rings. The molecule has 128 valence electrons. The van der Waals surface area contributed by atoms with Gasteiger partial charge < -0.3 is 14.6 Å². The second-order valence-electron chi connectivity index (χ2n) is 5.98. The molecular formula is C20H20N2O3. The molecule has 1 aromatic heterocycles. The van der Waals surface area contributed by atoms with Crippen molar-refractivity contribution in [2.24, 2.45) is 0 Å². The van der Waals surface area contributed by atoms with E-state index in [1.807, 2.05) is 54.6 Å². The van der Waals surface area contributed by atoms with Crippen molar-refractivity contribution in [3.63, 3.8) is 0 Å². The predicted octanol–water partition coefficient (Wildman–Crippen LogP) is 3.37. The van der Waals surface area contributed by atoms with Gasteiger partial charge >= 0.3 is 5.97 Å². The molecule has 0 fully saturated rings. The van der Waals surface area contributed by atoms with Gasteiger partial charge in [0.25, 0.3) is 5.91 Å². The van der Waals surface area contributed by atoms with Crippen LogP contribution in [-0.2, 0) is 16.1 Å². The van der Waals surface area contributed by atoms with E-state index in [4.69, 9.17) is 4.74 Å². The van der Waals surface area contributed by atoms with Gasteiger partial charge in [0.1, 0.15) is 0 Å². The highest BCUT2D eigenvalue weighted by Gasteiger charge is 2.23. The van der Waals surface area contributed by atoms with Gasteiger partial charge in [0, 0.05) is 30.7 Å². The third-order valence-electron chi connectivity index (χ3n) is 4.08. The number of nitrogens with zero attached hydrogens (tertiary/aromatic N) is 1. The predicted molar refractivity (Wildman–Crippen MR) is 96.1 cm³/mol. The van der Waals surface area contributed by atoms with Crippen LogP contribution in [0.15, 0.2) is 60.8 Å². The zero-order valence-corrected chi connectivity index (χ0v) is 14.2. The number of ether oxygens (including phenoxy) is 1. The Balaban J connectivity index is 1.65. The van der Waals surface area contributed by atoms with Gasteiger partial charge in [0.05, 0.1) is 5.56 Å². The summed E-state index contributed by atoms with van der Waals surface area (Å²) in [5, 5.41) is 0.782. The number of H-pyrrole nitrogens is 1. The molecule has 25 heavy (non-hydrogen) atoms. The van der Waals surface area contributed by atoms with Crippen LogP contribution >= 0.6 is 0 Å². The molecule has 3 rings (SSSR count). The van der Waals surface area contributed by atoms with Crippen molar-refractivity contribution in [2.75, 3.05) is 7.05 Å². The summed E-state index contributed by atoms with van der Waals surface area (Å²) in [4.78, 5) is 29.4. The number of hydrogen-bond donors (Lipinski definition) is 1. The minimum absolute atomic E-state index is 0.239. The molecule has 0 aliphatic carbocycles. The number of benzene rings is 2. The molecule has 0 saturated carbocycles. The van der Waals surface area contributed by atoms with Crippen molar-refractivity contribution in [3.05, 3.63) is 71.9 Å². The lowest BCUT2D eigenvalue weighted by atomic mass is 10.2. The summed E-state index contributed by atoms with van der Waals surface area (Å²) in [6.07, 6.45) is 0.757. The van der Waals surface area contributed by atoms with Crippen molar-refractivity contribution in [3.8, 4) is 0 Å². The molecule has 1 amide bonds. The standard InChI is InChI=1S/C20H20N2O3/c1-14(19(23)22(2)13-15-8-4-3-5-9-15)25-20(24)17-12-21-18-11-7-6-10-16(17)18/h3-12,14,21H,13H2,1-2H3. The van der Waals surface area contributed by atoms with E-state index in [0.717, 1.165) is 16.5 Å². The molecule has 5 nitrogen and oxygen atoms in total. The van der Waals surface area contributed by atoms with E-state index in [1.165, 1.54) is 0 Å². The first-order valence-electron chi connectivity index (χ1n) is 8.12. The van der Waals surface area contributed by atoms with Crippen LogP contribution in [0, 0.1) is 0 Å². The van der Waals surface area contributed by atoms with E-state index < -0.39 is 12.1 Å². The van der Waals surface area contributed by atoms with E-state index in [9.17, 15) is 9.59 Å². The fourth-order valence-electron chi connectivity index (χ4n) is 2.76. The van der Waals surface area contributed by atoms with Crippen molar-refractivity contribution in [2.45, 2.75) is 19.6 Å². The Morgan fingerprint density at radius 3 is 2.52 bits per heavy atom. The van der Waals surface area contributed by atoms with Gasteiger partial charge in [0.15, 0.2) is 6.10 Å². The average molecular weight is 336 g/mol. The number of para-hydroxylation sites is 1. The van der Waals surface area contributed by atoms with Crippen LogP contribution in [0.5, 0.6) is 0 Å². The largest absolute Gasteiger partial charge is 0.449 e. The Hall–Kier alpha value is -3.08. The number of aromatic amines is 1. The number of fused-ring (bicyclic) bond motifs is 1. The summed E-state index contributed by atoms with van der Waals surface area (Å²) >= 11 is 0. The van der Waals surface area contributed by atoms with E-state index in [-0.39, 0.29) is 5.91 Å². The summed E-state index contributed by atoms with van der Waals surface area (Å²) in [5.74, 6) is -0.747. The molecule has 3 aromatic rings. The quantitative estimate of drug-likeness (QED) is 0.727. The van der Waals surface area contributed by atoms with Crippen LogP contribution in [0.25, 0.3) is 10.9 Å². The van der Waals surface area contributed by atoms with Gasteiger partial charge in [-0.25, -0.2) is 4.79 Å². The topological polar surface area (TPSA) is 62.4 Å². The first-order chi connectivity index (χ1) is 12.1. The summed E-state index contributed by atoms with van der Waals surface area (Å²) in [7, 11) is 1.70. The fraction of sp³-hybridized carbons (Fsp3) is 0.200. The third kappa shape index (κ3) is 3.71. The van der Waals surface area contributed by atoms with Crippen molar-refractivity contribution < 1.29 is 14.3 Å². The lowest BCUT2D eigenvalue weighted by molar-refractivity contribution is -0.139. The monoisotopic (exact) mass is 336 g/mol. The van der Waals surface area contributed by atoms with Crippen molar-refractivity contribution >= 4 is 22.8 Å². The number of likely N-dealkylation sites (N-methyl/N-ethyl adjacent to an activating group) is 1. The van der Waals surface area contributed by atoms with Gasteiger partial charge in [-0.05, 0) is 18.6 Å². The van der Waals surface area contributed by atoms with Crippen LogP contribution in [-0.4, -0.2) is 34.9 Å². The lowest BCUT2D eigenvalue weighted by Gasteiger charge is -2.21. The number of hydrogen-bond acceptors (Lipinski definition) is 3. The van der Waals surface area contributed by atoms with E-state index >= 15 is 0 Å². The Kier molecular flexibility index (Phi) is 4.84. The Bertz CT molecular complexity index is 886. The lowest BCUT2D eigenvalue weighted by Crippen LogP contribution is -2.37. The van der Waals surface area contributed by atoms with Gasteiger partial charge in [0.2, 0.25) is 0 Å². The molecule has 1 heterocycles. The van der Waals surface area contributed by atoms with Crippen molar-refractivity contribution in [1.82, 2.24) is 9.88 Å². The summed E-state index contributed by atoms with van der Waals surface area (Å²) in [6, 6.07) is 17.1. The number of rotatable bonds is 5. The molecular weight excluding hydrogens is 316 g/mol. The number of carbonyl (C=O) groups is 2. The van der Waals surface area contributed by atoms with Crippen LogP contribution in [0.3, 0.4) is 0 Å². The van der Waals surface area contributed by atoms with Gasteiger partial charge in [-0.2, -0.15) is 0 Å². The normalized spacial score (nSPS) is 11.9. The van der Waals surface area contributed by atoms with Crippen LogP contribution in [0.2, 0.25) is 0 Å². The number of nitrogens with one attached hydrogen (secondary N) is 1. The highest BCUT2D eigenvalue weighted by Crippen LogP contribution is 2.19. The highest BCUT2D eigenvalue weighted by atomic mass is 16.5. The number of esters is 1. The maximum absolute atomic E-state index is 12.5. The molecule has 0 bridgehead atoms. The second kappa shape index (κ2) is 7.21. The number of aromatic nitrogens is 1. The summed E-state index contributed by atoms with van der Waals surface area (Å²) in [6.45, 7) is 2.06. The van der Waals surface area contributed by atoms with Crippen molar-refractivity contribution in [1.29, 1.82) is 0 Å². The Morgan fingerprint density at radius 2 is 1.76 bits per heavy atom. The molecule has 2 aromatic carbocycles. The zero-order chi connectivity index (χ0) is 17.8. The summed E-state index contributed by atoms with van der Waals surface area (Å²) in [5.41, 5.74) is 2.31. The Morgan fingerprint density at radius 1 is 1.08 bits per heavy atom. The van der Waals surface area contributed by atoms with Gasteiger partial charge in [-0.3, -0.25) is 4.79 Å². The van der Waals surface area contributed by atoms with E-state index in [2.05, 4.69) is 4.98 Å². The second-order valence-corrected chi connectivity index (χ2v) is 5.98.